The number of hydrogen-bond donors (Lipinski definition) is 1. The van der Waals surface area contributed by atoms with Gasteiger partial charge in [-0.3, -0.25) is 9.48 Å². The monoisotopic (exact) mass is 393 g/mol. The molecule has 1 unspecified atom stereocenters. The molecule has 1 aromatic heterocycles. The van der Waals surface area contributed by atoms with E-state index in [0.29, 0.717) is 26.2 Å². The molecule has 0 fully saturated rings. The normalized spacial score (nSPS) is 11.7. The van der Waals surface area contributed by atoms with Crippen LogP contribution >= 0.6 is 0 Å². The Bertz CT molecular complexity index is 895. The van der Waals surface area contributed by atoms with E-state index in [-0.39, 0.29) is 5.91 Å². The first-order valence-corrected chi connectivity index (χ1v) is 9.93. The fraction of sp³-hybridized carbons (Fsp3) is 0.304. The maximum atomic E-state index is 12.9. The molecule has 1 N–H and O–H groups in total. The van der Waals surface area contributed by atoms with Crippen LogP contribution in [0.5, 0.6) is 11.5 Å². The molecule has 6 nitrogen and oxygen atoms in total. The van der Waals surface area contributed by atoms with Gasteiger partial charge in [-0.15, -0.1) is 0 Å². The van der Waals surface area contributed by atoms with Gasteiger partial charge < -0.3 is 14.8 Å². The highest BCUT2D eigenvalue weighted by atomic mass is 16.5. The molecule has 0 spiro atoms. The molecule has 0 saturated carbocycles. The van der Waals surface area contributed by atoms with E-state index in [1.807, 2.05) is 68.4 Å². The number of nitrogens with one attached hydrogen (secondary N) is 1. The van der Waals surface area contributed by atoms with Crippen molar-refractivity contribution in [2.24, 2.45) is 0 Å². The third-order valence-electron chi connectivity index (χ3n) is 4.47. The topological polar surface area (TPSA) is 65.4 Å². The zero-order valence-electron chi connectivity index (χ0n) is 16.9. The number of rotatable bonds is 10. The van der Waals surface area contributed by atoms with Crippen LogP contribution in [0.1, 0.15) is 31.0 Å². The fourth-order valence-electron chi connectivity index (χ4n) is 3.17. The number of carbonyl (C=O) groups excluding carboxylic acids is 1. The largest absolute Gasteiger partial charge is 0.490 e. The molecule has 0 aliphatic rings. The van der Waals surface area contributed by atoms with Gasteiger partial charge in [-0.2, -0.15) is 5.10 Å². The SMILES string of the molecule is CCOc1ccc(CCNC(=O)C(c2ccccc2)n2cccn2)cc1OCC. The standard InChI is InChI=1S/C23H27N3O3/c1-3-28-20-12-11-18(17-21(20)29-4-2)13-15-24-23(27)22(26-16-8-14-25-26)19-9-6-5-7-10-19/h5-12,14,16-17,22H,3-4,13,15H2,1-2H3,(H,24,27). The number of ether oxygens (including phenoxy) is 2. The van der Waals surface area contributed by atoms with Crippen molar-refractivity contribution in [2.75, 3.05) is 19.8 Å². The second kappa shape index (κ2) is 10.3. The van der Waals surface area contributed by atoms with Gasteiger partial charge in [-0.05, 0) is 49.6 Å². The van der Waals surface area contributed by atoms with Crippen molar-refractivity contribution in [2.45, 2.75) is 26.3 Å². The van der Waals surface area contributed by atoms with Crippen molar-refractivity contribution in [1.82, 2.24) is 15.1 Å². The van der Waals surface area contributed by atoms with Crippen LogP contribution in [0.2, 0.25) is 0 Å². The second-order valence-electron chi connectivity index (χ2n) is 6.49. The maximum Gasteiger partial charge on any atom is 0.249 e. The van der Waals surface area contributed by atoms with Crippen LogP contribution in [0.3, 0.4) is 0 Å². The molecule has 0 aliphatic heterocycles. The zero-order chi connectivity index (χ0) is 20.5. The molecule has 6 heteroatoms. The van der Waals surface area contributed by atoms with Gasteiger partial charge in [0.25, 0.3) is 0 Å². The van der Waals surface area contributed by atoms with Gasteiger partial charge in [0, 0.05) is 18.9 Å². The van der Waals surface area contributed by atoms with E-state index in [9.17, 15) is 4.79 Å². The Morgan fingerprint density at radius 2 is 1.79 bits per heavy atom. The Labute approximate surface area is 171 Å². The zero-order valence-corrected chi connectivity index (χ0v) is 16.9. The highest BCUT2D eigenvalue weighted by molar-refractivity contribution is 5.83. The summed E-state index contributed by atoms with van der Waals surface area (Å²) < 4.78 is 13.0. The number of carbonyl (C=O) groups is 1. The Morgan fingerprint density at radius 1 is 1.03 bits per heavy atom. The number of hydrogen-bond acceptors (Lipinski definition) is 4. The van der Waals surface area contributed by atoms with E-state index in [4.69, 9.17) is 9.47 Å². The van der Waals surface area contributed by atoms with Crippen molar-refractivity contribution in [3.05, 3.63) is 78.1 Å². The second-order valence-corrected chi connectivity index (χ2v) is 6.49. The Kier molecular flexibility index (Phi) is 7.28. The molecule has 1 amide bonds. The number of benzene rings is 2. The van der Waals surface area contributed by atoms with Gasteiger partial charge in [0.05, 0.1) is 13.2 Å². The van der Waals surface area contributed by atoms with Crippen LogP contribution in [0, 0.1) is 0 Å². The maximum absolute atomic E-state index is 12.9. The van der Waals surface area contributed by atoms with Crippen molar-refractivity contribution in [3.63, 3.8) is 0 Å². The molecular weight excluding hydrogens is 366 g/mol. The summed E-state index contributed by atoms with van der Waals surface area (Å²) in [5.74, 6) is 1.39. The molecule has 29 heavy (non-hydrogen) atoms. The van der Waals surface area contributed by atoms with Crippen LogP contribution in [0.25, 0.3) is 0 Å². The highest BCUT2D eigenvalue weighted by Crippen LogP contribution is 2.28. The summed E-state index contributed by atoms with van der Waals surface area (Å²) in [5, 5.41) is 7.30. The Balaban J connectivity index is 1.66. The molecule has 1 heterocycles. The molecule has 0 radical (unpaired) electrons. The van der Waals surface area contributed by atoms with Crippen LogP contribution in [-0.2, 0) is 11.2 Å². The third-order valence-corrected chi connectivity index (χ3v) is 4.47. The Morgan fingerprint density at radius 3 is 2.48 bits per heavy atom. The van der Waals surface area contributed by atoms with Crippen LogP contribution < -0.4 is 14.8 Å². The first-order chi connectivity index (χ1) is 14.2. The molecule has 0 bridgehead atoms. The first-order valence-electron chi connectivity index (χ1n) is 9.93. The van der Waals surface area contributed by atoms with Crippen molar-refractivity contribution >= 4 is 5.91 Å². The summed E-state index contributed by atoms with van der Waals surface area (Å²) in [6.07, 6.45) is 4.18. The lowest BCUT2D eigenvalue weighted by molar-refractivity contribution is -0.123. The van der Waals surface area contributed by atoms with Crippen molar-refractivity contribution < 1.29 is 14.3 Å². The van der Waals surface area contributed by atoms with Crippen LogP contribution in [0.4, 0.5) is 0 Å². The van der Waals surface area contributed by atoms with E-state index < -0.39 is 6.04 Å². The fourth-order valence-corrected chi connectivity index (χ4v) is 3.17. The summed E-state index contributed by atoms with van der Waals surface area (Å²) in [6.45, 7) is 5.57. The van der Waals surface area contributed by atoms with E-state index in [1.165, 1.54) is 0 Å². The lowest BCUT2D eigenvalue weighted by Gasteiger charge is -2.18. The van der Waals surface area contributed by atoms with Gasteiger partial charge >= 0.3 is 0 Å². The average molecular weight is 393 g/mol. The van der Waals surface area contributed by atoms with Gasteiger partial charge in [-0.1, -0.05) is 36.4 Å². The average Bonchev–Trinajstić information content (AvgIpc) is 3.25. The van der Waals surface area contributed by atoms with Crippen molar-refractivity contribution in [1.29, 1.82) is 0 Å². The lowest BCUT2D eigenvalue weighted by atomic mass is 10.1. The lowest BCUT2D eigenvalue weighted by Crippen LogP contribution is -2.34. The smallest absolute Gasteiger partial charge is 0.249 e. The summed E-state index contributed by atoms with van der Waals surface area (Å²) in [7, 11) is 0. The van der Waals surface area contributed by atoms with Gasteiger partial charge in [-0.25, -0.2) is 0 Å². The minimum absolute atomic E-state index is 0.0872. The van der Waals surface area contributed by atoms with E-state index in [2.05, 4.69) is 10.4 Å². The number of nitrogens with zero attached hydrogens (tertiary/aromatic N) is 2. The third kappa shape index (κ3) is 5.38. The molecule has 2 aromatic carbocycles. The first kappa shape index (κ1) is 20.5. The number of aromatic nitrogens is 2. The molecular formula is C23H27N3O3. The van der Waals surface area contributed by atoms with Gasteiger partial charge in [0.1, 0.15) is 0 Å². The quantitative estimate of drug-likeness (QED) is 0.571. The van der Waals surface area contributed by atoms with E-state index >= 15 is 0 Å². The minimum atomic E-state index is -0.495. The van der Waals surface area contributed by atoms with E-state index in [1.54, 1.807) is 17.1 Å². The molecule has 1 atom stereocenters. The van der Waals surface area contributed by atoms with E-state index in [0.717, 1.165) is 22.6 Å². The van der Waals surface area contributed by atoms with Gasteiger partial charge in [0.2, 0.25) is 5.91 Å². The number of amides is 1. The molecule has 0 saturated heterocycles. The molecule has 0 aliphatic carbocycles. The molecule has 152 valence electrons. The van der Waals surface area contributed by atoms with Crippen LogP contribution in [-0.4, -0.2) is 35.4 Å². The van der Waals surface area contributed by atoms with Gasteiger partial charge in [0.15, 0.2) is 17.5 Å². The Hall–Kier alpha value is -3.28. The molecule has 3 rings (SSSR count). The summed E-state index contributed by atoms with van der Waals surface area (Å²) in [6, 6.07) is 16.9. The molecule has 3 aromatic rings. The summed E-state index contributed by atoms with van der Waals surface area (Å²) in [4.78, 5) is 12.9. The summed E-state index contributed by atoms with van der Waals surface area (Å²) in [5.41, 5.74) is 1.97. The summed E-state index contributed by atoms with van der Waals surface area (Å²) >= 11 is 0. The van der Waals surface area contributed by atoms with Crippen molar-refractivity contribution in [3.8, 4) is 11.5 Å². The predicted molar refractivity (Wildman–Crippen MR) is 112 cm³/mol. The highest BCUT2D eigenvalue weighted by Gasteiger charge is 2.22. The minimum Gasteiger partial charge on any atom is -0.490 e. The van der Waals surface area contributed by atoms with Crippen LogP contribution in [0.15, 0.2) is 67.0 Å². The predicted octanol–water partition coefficient (Wildman–Crippen LogP) is 3.63.